The number of hydrazone groups is 1. The van der Waals surface area contributed by atoms with Gasteiger partial charge in [0.15, 0.2) is 11.5 Å². The predicted octanol–water partition coefficient (Wildman–Crippen LogP) is 4.69. The van der Waals surface area contributed by atoms with Crippen molar-refractivity contribution < 1.29 is 27.4 Å². The van der Waals surface area contributed by atoms with E-state index < -0.39 is 12.1 Å². The fourth-order valence-corrected chi connectivity index (χ4v) is 3.65. The molecule has 0 aliphatic rings. The maximum atomic E-state index is 12.5. The first kappa shape index (κ1) is 22.4. The van der Waals surface area contributed by atoms with E-state index in [0.717, 1.165) is 27.6 Å². The number of carbonyl (C=O) groups is 1. The summed E-state index contributed by atoms with van der Waals surface area (Å²) < 4.78 is 46.4. The van der Waals surface area contributed by atoms with Gasteiger partial charge >= 0.3 is 6.36 Å². The molecule has 0 bridgehead atoms. The Morgan fingerprint density at radius 2 is 1.97 bits per heavy atom. The van der Waals surface area contributed by atoms with Crippen LogP contribution in [0, 0.1) is 6.92 Å². The third-order valence-corrected chi connectivity index (χ3v) is 5.04. The Morgan fingerprint density at radius 1 is 1.19 bits per heavy atom. The number of methoxy groups -OCH3 is 1. The number of benzene rings is 2. The number of aromatic nitrogens is 1. The number of pyridine rings is 1. The first-order chi connectivity index (χ1) is 14.7. The lowest BCUT2D eigenvalue weighted by Gasteiger charge is -2.12. The molecule has 0 saturated heterocycles. The highest BCUT2D eigenvalue weighted by atomic mass is 32.2. The van der Waals surface area contributed by atoms with Crippen molar-refractivity contribution in [3.63, 3.8) is 0 Å². The molecule has 31 heavy (non-hydrogen) atoms. The fraction of sp³-hybridized carbons (Fsp3) is 0.190. The molecule has 10 heteroatoms. The molecule has 6 nitrogen and oxygen atoms in total. The molecule has 1 aromatic heterocycles. The summed E-state index contributed by atoms with van der Waals surface area (Å²) in [7, 11) is 1.23. The zero-order valence-electron chi connectivity index (χ0n) is 16.6. The summed E-state index contributed by atoms with van der Waals surface area (Å²) in [6, 6.07) is 13.5. The molecule has 3 rings (SSSR count). The molecular formula is C21H18F3N3O3S. The van der Waals surface area contributed by atoms with Gasteiger partial charge in [-0.3, -0.25) is 9.78 Å². The predicted molar refractivity (Wildman–Crippen MR) is 113 cm³/mol. The maximum absolute atomic E-state index is 12.5. The SMILES string of the molecule is COc1ccc(/C=N/NC(=O)CSc2cc(C)nc3ccccc23)cc1OC(F)(F)F. The molecule has 1 amide bonds. The van der Waals surface area contributed by atoms with Gasteiger partial charge in [0.25, 0.3) is 0 Å². The Morgan fingerprint density at radius 3 is 2.71 bits per heavy atom. The lowest BCUT2D eigenvalue weighted by molar-refractivity contribution is -0.275. The summed E-state index contributed by atoms with van der Waals surface area (Å²) in [5.41, 5.74) is 4.35. The second-order valence-corrected chi connectivity index (χ2v) is 7.34. The number of ether oxygens (including phenoxy) is 2. The van der Waals surface area contributed by atoms with E-state index in [4.69, 9.17) is 4.74 Å². The molecular weight excluding hydrogens is 431 g/mol. The summed E-state index contributed by atoms with van der Waals surface area (Å²) in [6.07, 6.45) is -3.64. The number of rotatable bonds is 7. The van der Waals surface area contributed by atoms with Crippen LogP contribution in [0.1, 0.15) is 11.3 Å². The van der Waals surface area contributed by atoms with Gasteiger partial charge in [-0.05, 0) is 42.8 Å². The molecule has 3 aromatic rings. The Bertz CT molecular complexity index is 1120. The number of fused-ring (bicyclic) bond motifs is 1. The number of aryl methyl sites for hydroxylation is 1. The summed E-state index contributed by atoms with van der Waals surface area (Å²) in [4.78, 5) is 17.5. The smallest absolute Gasteiger partial charge is 0.493 e. The second kappa shape index (κ2) is 9.69. The minimum atomic E-state index is -4.86. The molecule has 0 aliphatic carbocycles. The third kappa shape index (κ3) is 6.35. The van der Waals surface area contributed by atoms with Gasteiger partial charge < -0.3 is 9.47 Å². The van der Waals surface area contributed by atoms with Crippen LogP contribution in [0.5, 0.6) is 11.5 Å². The Hall–Kier alpha value is -3.27. The Balaban J connectivity index is 1.62. The molecule has 0 spiro atoms. The van der Waals surface area contributed by atoms with Gasteiger partial charge in [0, 0.05) is 16.0 Å². The number of amides is 1. The van der Waals surface area contributed by atoms with Crippen molar-refractivity contribution >= 4 is 34.8 Å². The van der Waals surface area contributed by atoms with E-state index >= 15 is 0 Å². The van der Waals surface area contributed by atoms with Gasteiger partial charge in [-0.15, -0.1) is 24.9 Å². The number of nitrogens with zero attached hydrogens (tertiary/aromatic N) is 2. The lowest BCUT2D eigenvalue weighted by Crippen LogP contribution is -2.19. The van der Waals surface area contributed by atoms with E-state index in [2.05, 4.69) is 20.2 Å². The van der Waals surface area contributed by atoms with E-state index in [1.54, 1.807) is 0 Å². The van der Waals surface area contributed by atoms with Gasteiger partial charge in [0.05, 0.1) is 24.6 Å². The molecule has 0 unspecified atom stereocenters. The summed E-state index contributed by atoms with van der Waals surface area (Å²) in [5.74, 6) is -0.828. The molecule has 0 fully saturated rings. The van der Waals surface area contributed by atoms with Crippen LogP contribution in [0.25, 0.3) is 10.9 Å². The minimum Gasteiger partial charge on any atom is -0.493 e. The number of hydrogen-bond acceptors (Lipinski definition) is 6. The molecule has 0 radical (unpaired) electrons. The van der Waals surface area contributed by atoms with Crippen molar-refractivity contribution in [3.05, 3.63) is 59.8 Å². The van der Waals surface area contributed by atoms with Crippen LogP contribution in [-0.2, 0) is 4.79 Å². The van der Waals surface area contributed by atoms with Crippen molar-refractivity contribution in [2.45, 2.75) is 18.2 Å². The molecule has 1 N–H and O–H groups in total. The van der Waals surface area contributed by atoms with Crippen molar-refractivity contribution in [3.8, 4) is 11.5 Å². The van der Waals surface area contributed by atoms with Crippen molar-refractivity contribution in [1.29, 1.82) is 0 Å². The number of carbonyl (C=O) groups excluding carboxylic acids is 1. The van der Waals surface area contributed by atoms with E-state index in [1.807, 2.05) is 37.3 Å². The first-order valence-electron chi connectivity index (χ1n) is 9.00. The van der Waals surface area contributed by atoms with Crippen LogP contribution < -0.4 is 14.9 Å². The van der Waals surface area contributed by atoms with Crippen molar-refractivity contribution in [2.24, 2.45) is 5.10 Å². The lowest BCUT2D eigenvalue weighted by atomic mass is 10.2. The Labute approximate surface area is 180 Å². The number of thioether (sulfide) groups is 1. The monoisotopic (exact) mass is 449 g/mol. The fourth-order valence-electron chi connectivity index (χ4n) is 2.72. The molecule has 0 saturated carbocycles. The highest BCUT2D eigenvalue weighted by Gasteiger charge is 2.32. The zero-order chi connectivity index (χ0) is 22.4. The topological polar surface area (TPSA) is 72.8 Å². The van der Waals surface area contributed by atoms with Crippen molar-refractivity contribution in [1.82, 2.24) is 10.4 Å². The number of halogens is 3. The molecule has 0 aliphatic heterocycles. The number of para-hydroxylation sites is 1. The summed E-state index contributed by atoms with van der Waals surface area (Å²) in [6.45, 7) is 1.88. The largest absolute Gasteiger partial charge is 0.573 e. The van der Waals surface area contributed by atoms with Gasteiger partial charge in [0.1, 0.15) is 0 Å². The van der Waals surface area contributed by atoms with Crippen LogP contribution >= 0.6 is 11.8 Å². The second-order valence-electron chi connectivity index (χ2n) is 6.32. The highest BCUT2D eigenvalue weighted by molar-refractivity contribution is 8.00. The van der Waals surface area contributed by atoms with Gasteiger partial charge in [-0.2, -0.15) is 5.10 Å². The van der Waals surface area contributed by atoms with Gasteiger partial charge in [-0.1, -0.05) is 18.2 Å². The molecule has 1 heterocycles. The quantitative estimate of drug-likeness (QED) is 0.322. The number of hydrogen-bond donors (Lipinski definition) is 1. The average Bonchev–Trinajstić information content (AvgIpc) is 2.71. The molecule has 2 aromatic carbocycles. The minimum absolute atomic E-state index is 0.0743. The van der Waals surface area contributed by atoms with Crippen molar-refractivity contribution in [2.75, 3.05) is 12.9 Å². The van der Waals surface area contributed by atoms with Crippen LogP contribution in [-0.4, -0.2) is 36.3 Å². The Kier molecular flexibility index (Phi) is 7.01. The third-order valence-electron chi connectivity index (χ3n) is 3.98. The average molecular weight is 449 g/mol. The van der Waals surface area contributed by atoms with Gasteiger partial charge in [-0.25, -0.2) is 5.43 Å². The maximum Gasteiger partial charge on any atom is 0.573 e. The van der Waals surface area contributed by atoms with E-state index in [1.165, 1.54) is 37.2 Å². The van der Waals surface area contributed by atoms with Crippen LogP contribution in [0.2, 0.25) is 0 Å². The highest BCUT2D eigenvalue weighted by Crippen LogP contribution is 2.32. The zero-order valence-corrected chi connectivity index (χ0v) is 17.4. The van der Waals surface area contributed by atoms with Crippen LogP contribution in [0.3, 0.4) is 0 Å². The summed E-state index contributed by atoms with van der Waals surface area (Å²) >= 11 is 1.34. The normalized spacial score (nSPS) is 11.6. The van der Waals surface area contributed by atoms with Gasteiger partial charge in [0.2, 0.25) is 5.91 Å². The standard InChI is InChI=1S/C21H18F3N3O3S/c1-13-9-19(15-5-3-4-6-16(15)26-13)31-12-20(28)27-25-11-14-7-8-17(29-2)18(10-14)30-21(22,23)24/h3-11H,12H2,1-2H3,(H,27,28)/b25-11+. The summed E-state index contributed by atoms with van der Waals surface area (Å²) in [5, 5.41) is 4.75. The van der Waals surface area contributed by atoms with Crippen LogP contribution in [0.15, 0.2) is 58.5 Å². The molecule has 0 atom stereocenters. The van der Waals surface area contributed by atoms with Crippen LogP contribution in [0.4, 0.5) is 13.2 Å². The van der Waals surface area contributed by atoms with E-state index in [-0.39, 0.29) is 17.4 Å². The molecule has 162 valence electrons. The first-order valence-corrected chi connectivity index (χ1v) is 9.98. The van der Waals surface area contributed by atoms with E-state index in [0.29, 0.717) is 5.56 Å². The number of nitrogens with one attached hydrogen (secondary N) is 1. The van der Waals surface area contributed by atoms with E-state index in [9.17, 15) is 18.0 Å². The number of alkyl halides is 3.